The lowest BCUT2D eigenvalue weighted by molar-refractivity contribution is -0.140. The van der Waals surface area contributed by atoms with Crippen molar-refractivity contribution >= 4 is 23.4 Å². The molecule has 0 bridgehead atoms. The number of ether oxygens (including phenoxy) is 2. The van der Waals surface area contributed by atoms with Crippen molar-refractivity contribution in [2.75, 3.05) is 7.11 Å². The molecule has 1 unspecified atom stereocenters. The predicted octanol–water partition coefficient (Wildman–Crippen LogP) is 5.19. The van der Waals surface area contributed by atoms with Crippen LogP contribution in [0.15, 0.2) is 78.4 Å². The Balaban J connectivity index is 1.77. The third-order valence-corrected chi connectivity index (χ3v) is 6.15. The third kappa shape index (κ3) is 5.26. The quantitative estimate of drug-likeness (QED) is 0.208. The van der Waals surface area contributed by atoms with Crippen LogP contribution >= 0.6 is 0 Å². The van der Waals surface area contributed by atoms with Crippen molar-refractivity contribution in [1.82, 2.24) is 4.90 Å². The number of rotatable bonds is 7. The summed E-state index contributed by atoms with van der Waals surface area (Å²) in [6.45, 7) is 5.58. The summed E-state index contributed by atoms with van der Waals surface area (Å²) in [5.74, 6) is -1.83. The number of hydrogen-bond donors (Lipinski definition) is 1. The summed E-state index contributed by atoms with van der Waals surface area (Å²) in [4.78, 5) is 40.3. The zero-order valence-electron chi connectivity index (χ0n) is 21.2. The number of benzene rings is 3. The molecule has 3 aromatic rings. The fourth-order valence-electron chi connectivity index (χ4n) is 4.44. The van der Waals surface area contributed by atoms with Crippen molar-refractivity contribution in [1.29, 1.82) is 0 Å². The van der Waals surface area contributed by atoms with Gasteiger partial charge < -0.3 is 19.5 Å². The Bertz CT molecular complexity index is 1370. The van der Waals surface area contributed by atoms with Crippen LogP contribution in [0, 0.1) is 6.92 Å². The number of methoxy groups -OCH3 is 1. The van der Waals surface area contributed by atoms with E-state index in [-0.39, 0.29) is 24.0 Å². The van der Waals surface area contributed by atoms with Crippen LogP contribution in [0.5, 0.6) is 5.75 Å². The van der Waals surface area contributed by atoms with Crippen LogP contribution in [0.25, 0.3) is 5.76 Å². The fraction of sp³-hybridized carbons (Fsp3) is 0.233. The van der Waals surface area contributed by atoms with Gasteiger partial charge >= 0.3 is 5.97 Å². The van der Waals surface area contributed by atoms with Gasteiger partial charge in [0.1, 0.15) is 11.5 Å². The third-order valence-electron chi connectivity index (χ3n) is 6.15. The van der Waals surface area contributed by atoms with E-state index in [9.17, 15) is 19.5 Å². The average molecular weight is 500 g/mol. The van der Waals surface area contributed by atoms with Gasteiger partial charge in [0.05, 0.1) is 36.0 Å². The second kappa shape index (κ2) is 10.7. The maximum atomic E-state index is 13.3. The minimum Gasteiger partial charge on any atom is -0.507 e. The Labute approximate surface area is 215 Å². The van der Waals surface area contributed by atoms with Gasteiger partial charge in [-0.2, -0.15) is 0 Å². The van der Waals surface area contributed by atoms with Crippen molar-refractivity contribution in [3.8, 4) is 5.75 Å². The number of ketones is 1. The monoisotopic (exact) mass is 499 g/mol. The maximum absolute atomic E-state index is 13.3. The molecule has 0 aromatic heterocycles. The zero-order chi connectivity index (χ0) is 26.7. The van der Waals surface area contributed by atoms with Gasteiger partial charge in [0.25, 0.3) is 11.7 Å². The van der Waals surface area contributed by atoms with Gasteiger partial charge in [-0.05, 0) is 56.2 Å². The number of hydrogen-bond acceptors (Lipinski definition) is 6. The Kier molecular flexibility index (Phi) is 7.43. The molecule has 0 aliphatic carbocycles. The standard InChI is InChI=1S/C30H29NO6/c1-18(2)37-30(35)21-14-12-20(13-15-21)17-31-26(22-9-7-8-19(3)16-22)25(28(33)29(31)34)27(32)23-10-5-6-11-24(23)36-4/h5-16,18,26,32H,17H2,1-4H3/b27-25+. The van der Waals surface area contributed by atoms with Crippen LogP contribution < -0.4 is 4.74 Å². The first-order chi connectivity index (χ1) is 17.7. The van der Waals surface area contributed by atoms with Crippen molar-refractivity contribution in [2.45, 2.75) is 39.5 Å². The van der Waals surface area contributed by atoms with E-state index < -0.39 is 23.7 Å². The number of esters is 1. The van der Waals surface area contributed by atoms with Gasteiger partial charge in [-0.1, -0.05) is 54.1 Å². The van der Waals surface area contributed by atoms with Gasteiger partial charge in [-0.15, -0.1) is 0 Å². The largest absolute Gasteiger partial charge is 0.507 e. The smallest absolute Gasteiger partial charge is 0.338 e. The Morgan fingerprint density at radius 3 is 2.35 bits per heavy atom. The summed E-state index contributed by atoms with van der Waals surface area (Å²) < 4.78 is 10.6. The highest BCUT2D eigenvalue weighted by atomic mass is 16.5. The van der Waals surface area contributed by atoms with Crippen molar-refractivity contribution in [2.24, 2.45) is 0 Å². The number of carbonyl (C=O) groups is 3. The topological polar surface area (TPSA) is 93.1 Å². The molecule has 1 heterocycles. The molecule has 1 aliphatic heterocycles. The molecule has 1 N–H and O–H groups in total. The van der Waals surface area contributed by atoms with Gasteiger partial charge in [0, 0.05) is 6.54 Å². The predicted molar refractivity (Wildman–Crippen MR) is 139 cm³/mol. The number of para-hydroxylation sites is 1. The van der Waals surface area contributed by atoms with E-state index in [2.05, 4.69) is 0 Å². The molecule has 7 nitrogen and oxygen atoms in total. The zero-order valence-corrected chi connectivity index (χ0v) is 21.2. The number of nitrogens with zero attached hydrogens (tertiary/aromatic N) is 1. The number of amides is 1. The summed E-state index contributed by atoms with van der Waals surface area (Å²) in [5.41, 5.74) is 3.09. The molecule has 3 aromatic carbocycles. The number of aliphatic hydroxyl groups is 1. The molecule has 1 amide bonds. The summed E-state index contributed by atoms with van der Waals surface area (Å²) in [6.07, 6.45) is -0.239. The number of Topliss-reactive ketones (excluding diaryl/α,β-unsaturated/α-hetero) is 1. The molecule has 0 saturated carbocycles. The molecule has 4 rings (SSSR count). The van der Waals surface area contributed by atoms with Crippen LogP contribution in [-0.2, 0) is 20.9 Å². The first kappa shape index (κ1) is 25.7. The highest BCUT2D eigenvalue weighted by Gasteiger charge is 2.46. The second-order valence-electron chi connectivity index (χ2n) is 9.19. The van der Waals surface area contributed by atoms with E-state index in [0.717, 1.165) is 11.1 Å². The fourth-order valence-corrected chi connectivity index (χ4v) is 4.44. The van der Waals surface area contributed by atoms with Crippen molar-refractivity contribution < 1.29 is 29.0 Å². The van der Waals surface area contributed by atoms with E-state index in [4.69, 9.17) is 9.47 Å². The molecule has 37 heavy (non-hydrogen) atoms. The average Bonchev–Trinajstić information content (AvgIpc) is 3.13. The lowest BCUT2D eigenvalue weighted by Crippen LogP contribution is -2.29. The molecule has 1 fully saturated rings. The Morgan fingerprint density at radius 2 is 1.70 bits per heavy atom. The number of likely N-dealkylation sites (tertiary alicyclic amines) is 1. The Hall–Kier alpha value is -4.39. The van der Waals surface area contributed by atoms with E-state index in [0.29, 0.717) is 22.4 Å². The first-order valence-corrected chi connectivity index (χ1v) is 12.0. The van der Waals surface area contributed by atoms with Crippen molar-refractivity contribution in [3.05, 3.63) is 106 Å². The highest BCUT2D eigenvalue weighted by molar-refractivity contribution is 6.46. The molecule has 1 saturated heterocycles. The van der Waals surface area contributed by atoms with Gasteiger partial charge in [0.15, 0.2) is 0 Å². The van der Waals surface area contributed by atoms with Crippen LogP contribution in [0.3, 0.4) is 0 Å². The number of aliphatic hydroxyl groups excluding tert-OH is 1. The lowest BCUT2D eigenvalue weighted by atomic mass is 9.94. The minimum absolute atomic E-state index is 0.00256. The summed E-state index contributed by atoms with van der Waals surface area (Å²) in [5, 5.41) is 11.3. The molecule has 7 heteroatoms. The highest BCUT2D eigenvalue weighted by Crippen LogP contribution is 2.41. The molecular formula is C30H29NO6. The number of carbonyl (C=O) groups excluding carboxylic acids is 3. The maximum Gasteiger partial charge on any atom is 0.338 e. The van der Waals surface area contributed by atoms with E-state index in [1.165, 1.54) is 12.0 Å². The van der Waals surface area contributed by atoms with Crippen molar-refractivity contribution in [3.63, 3.8) is 0 Å². The first-order valence-electron chi connectivity index (χ1n) is 12.0. The van der Waals surface area contributed by atoms with Crippen LogP contribution in [0.1, 0.15) is 52.5 Å². The van der Waals surface area contributed by atoms with E-state index >= 15 is 0 Å². The summed E-state index contributed by atoms with van der Waals surface area (Å²) in [7, 11) is 1.48. The molecule has 1 atom stereocenters. The van der Waals surface area contributed by atoms with Crippen LogP contribution in [0.2, 0.25) is 0 Å². The van der Waals surface area contributed by atoms with Crippen LogP contribution in [0.4, 0.5) is 0 Å². The van der Waals surface area contributed by atoms with E-state index in [1.807, 2.05) is 31.2 Å². The molecule has 0 radical (unpaired) electrons. The van der Waals surface area contributed by atoms with Gasteiger partial charge in [0.2, 0.25) is 0 Å². The lowest BCUT2D eigenvalue weighted by Gasteiger charge is -2.26. The normalized spacial score (nSPS) is 16.8. The summed E-state index contributed by atoms with van der Waals surface area (Å²) in [6, 6.07) is 20.2. The second-order valence-corrected chi connectivity index (χ2v) is 9.19. The summed E-state index contributed by atoms with van der Waals surface area (Å²) >= 11 is 0. The minimum atomic E-state index is -0.810. The molecular weight excluding hydrogens is 470 g/mol. The van der Waals surface area contributed by atoms with Gasteiger partial charge in [-0.25, -0.2) is 4.79 Å². The molecule has 1 aliphatic rings. The van der Waals surface area contributed by atoms with E-state index in [1.54, 1.807) is 62.4 Å². The Morgan fingerprint density at radius 1 is 1.00 bits per heavy atom. The van der Waals surface area contributed by atoms with Gasteiger partial charge in [-0.3, -0.25) is 9.59 Å². The SMILES string of the molecule is COc1ccccc1/C(O)=C1\C(=O)C(=O)N(Cc2ccc(C(=O)OC(C)C)cc2)C1c1cccc(C)c1. The molecule has 0 spiro atoms. The molecule has 190 valence electrons. The number of aryl methyl sites for hydroxylation is 1. The van der Waals surface area contributed by atoms with Crippen LogP contribution in [-0.4, -0.2) is 40.9 Å².